The largest absolute Gasteiger partial charge is 0.489 e. The highest BCUT2D eigenvalue weighted by Gasteiger charge is 2.50. The van der Waals surface area contributed by atoms with E-state index < -0.39 is 0 Å². The molecule has 0 unspecified atom stereocenters. The fraction of sp³-hybridized carbons (Fsp3) is 0.542. The standard InChI is InChI=1S/C24H32N2O2/c1-16(2)18-9-10-24(11-12-24)15-20(18)23(27)26-21-8-7-17-5-3-4-6-19(17)22(21)28-14-13-25/h3-8,16,18,20H,9-15,25H2,1-2H3,(H,26,27)/t18-,20+/m0/s1. The molecule has 0 aromatic heterocycles. The minimum atomic E-state index is 0.0880. The minimum Gasteiger partial charge on any atom is -0.489 e. The summed E-state index contributed by atoms with van der Waals surface area (Å²) in [5, 5.41) is 5.34. The Morgan fingerprint density at radius 1 is 1.21 bits per heavy atom. The van der Waals surface area contributed by atoms with Gasteiger partial charge in [-0.25, -0.2) is 0 Å². The molecule has 150 valence electrons. The average molecular weight is 381 g/mol. The fourth-order valence-electron chi connectivity index (χ4n) is 4.99. The third-order valence-electron chi connectivity index (χ3n) is 6.83. The molecule has 0 aliphatic heterocycles. The van der Waals surface area contributed by atoms with E-state index in [-0.39, 0.29) is 11.8 Å². The van der Waals surface area contributed by atoms with E-state index >= 15 is 0 Å². The van der Waals surface area contributed by atoms with E-state index in [4.69, 9.17) is 10.5 Å². The third kappa shape index (κ3) is 3.75. The molecule has 2 saturated carbocycles. The number of nitrogens with one attached hydrogen (secondary N) is 1. The summed E-state index contributed by atoms with van der Waals surface area (Å²) in [7, 11) is 0. The van der Waals surface area contributed by atoms with Gasteiger partial charge in [0, 0.05) is 17.8 Å². The van der Waals surface area contributed by atoms with E-state index in [1.807, 2.05) is 30.3 Å². The summed E-state index contributed by atoms with van der Waals surface area (Å²) in [5.41, 5.74) is 6.88. The van der Waals surface area contributed by atoms with Gasteiger partial charge in [0.25, 0.3) is 0 Å². The second-order valence-corrected chi connectivity index (χ2v) is 9.05. The van der Waals surface area contributed by atoms with Gasteiger partial charge in [-0.1, -0.05) is 44.2 Å². The van der Waals surface area contributed by atoms with Crippen LogP contribution in [0.3, 0.4) is 0 Å². The minimum absolute atomic E-state index is 0.0880. The summed E-state index contributed by atoms with van der Waals surface area (Å²) in [4.78, 5) is 13.4. The molecule has 4 rings (SSSR count). The zero-order chi connectivity index (χ0) is 19.7. The van der Waals surface area contributed by atoms with Gasteiger partial charge in [0.15, 0.2) is 5.75 Å². The van der Waals surface area contributed by atoms with Gasteiger partial charge in [-0.3, -0.25) is 4.79 Å². The maximum atomic E-state index is 13.4. The molecule has 2 fully saturated rings. The second-order valence-electron chi connectivity index (χ2n) is 9.05. The molecule has 2 aliphatic carbocycles. The number of benzene rings is 2. The smallest absolute Gasteiger partial charge is 0.227 e. The summed E-state index contributed by atoms with van der Waals surface area (Å²) in [6.45, 7) is 5.37. The normalized spacial score (nSPS) is 23.1. The number of hydrogen-bond donors (Lipinski definition) is 2. The van der Waals surface area contributed by atoms with Crippen molar-refractivity contribution in [2.24, 2.45) is 28.9 Å². The Morgan fingerprint density at radius 2 is 2.00 bits per heavy atom. The molecular formula is C24H32N2O2. The topological polar surface area (TPSA) is 64.3 Å². The van der Waals surface area contributed by atoms with Crippen LogP contribution < -0.4 is 15.8 Å². The highest BCUT2D eigenvalue weighted by molar-refractivity contribution is 6.00. The van der Waals surface area contributed by atoms with Crippen molar-refractivity contribution in [2.75, 3.05) is 18.5 Å². The van der Waals surface area contributed by atoms with Crippen LogP contribution in [0, 0.1) is 23.2 Å². The molecule has 0 heterocycles. The van der Waals surface area contributed by atoms with Gasteiger partial charge in [0.2, 0.25) is 5.91 Å². The molecule has 1 amide bonds. The SMILES string of the molecule is CC(C)[C@@H]1CCC2(CC2)C[C@H]1C(=O)Nc1ccc2ccccc2c1OCCN. The van der Waals surface area contributed by atoms with Crippen LogP contribution in [0.4, 0.5) is 5.69 Å². The number of hydrogen-bond acceptors (Lipinski definition) is 3. The maximum Gasteiger partial charge on any atom is 0.227 e. The predicted molar refractivity (Wildman–Crippen MR) is 114 cm³/mol. The lowest BCUT2D eigenvalue weighted by Crippen LogP contribution is -2.37. The van der Waals surface area contributed by atoms with Gasteiger partial charge in [-0.15, -0.1) is 0 Å². The summed E-state index contributed by atoms with van der Waals surface area (Å²) in [5.74, 6) is 1.95. The fourth-order valence-corrected chi connectivity index (χ4v) is 4.99. The molecule has 1 spiro atoms. The van der Waals surface area contributed by atoms with Crippen molar-refractivity contribution in [1.29, 1.82) is 0 Å². The Bertz CT molecular complexity index is 857. The van der Waals surface area contributed by atoms with Crippen LogP contribution >= 0.6 is 0 Å². The van der Waals surface area contributed by atoms with Crippen LogP contribution in [0.2, 0.25) is 0 Å². The number of nitrogens with two attached hydrogens (primary N) is 1. The lowest BCUT2D eigenvalue weighted by atomic mass is 9.68. The van der Waals surface area contributed by atoms with Crippen molar-refractivity contribution in [1.82, 2.24) is 0 Å². The second kappa shape index (κ2) is 7.75. The third-order valence-corrected chi connectivity index (χ3v) is 6.83. The van der Waals surface area contributed by atoms with E-state index in [2.05, 4.69) is 25.2 Å². The van der Waals surface area contributed by atoms with E-state index in [0.29, 0.717) is 30.4 Å². The molecule has 4 nitrogen and oxygen atoms in total. The summed E-state index contributed by atoms with van der Waals surface area (Å²) in [6, 6.07) is 12.1. The number of rotatable bonds is 6. The van der Waals surface area contributed by atoms with Crippen molar-refractivity contribution in [3.63, 3.8) is 0 Å². The molecule has 28 heavy (non-hydrogen) atoms. The first kappa shape index (κ1) is 19.3. The van der Waals surface area contributed by atoms with Crippen LogP contribution in [0.15, 0.2) is 36.4 Å². The van der Waals surface area contributed by atoms with Crippen LogP contribution in [-0.2, 0) is 4.79 Å². The van der Waals surface area contributed by atoms with Crippen molar-refractivity contribution >= 4 is 22.4 Å². The molecule has 3 N–H and O–H groups in total. The molecule has 2 aromatic rings. The molecule has 0 radical (unpaired) electrons. The summed E-state index contributed by atoms with van der Waals surface area (Å²) < 4.78 is 5.98. The number of ether oxygens (including phenoxy) is 1. The summed E-state index contributed by atoms with van der Waals surface area (Å²) >= 11 is 0. The number of anilines is 1. The lowest BCUT2D eigenvalue weighted by Gasteiger charge is -2.38. The molecule has 2 atom stereocenters. The predicted octanol–water partition coefficient (Wildman–Crippen LogP) is 4.97. The number of amides is 1. The zero-order valence-electron chi connectivity index (χ0n) is 17.0. The first-order valence-corrected chi connectivity index (χ1v) is 10.7. The van der Waals surface area contributed by atoms with Crippen LogP contribution in [0.5, 0.6) is 5.75 Å². The molecule has 0 bridgehead atoms. The Balaban J connectivity index is 1.61. The van der Waals surface area contributed by atoms with Gasteiger partial charge in [0.1, 0.15) is 6.61 Å². The van der Waals surface area contributed by atoms with Crippen molar-refractivity contribution < 1.29 is 9.53 Å². The van der Waals surface area contributed by atoms with Crippen molar-refractivity contribution in [3.8, 4) is 5.75 Å². The van der Waals surface area contributed by atoms with Gasteiger partial charge in [-0.2, -0.15) is 0 Å². The van der Waals surface area contributed by atoms with E-state index in [1.54, 1.807) is 0 Å². The van der Waals surface area contributed by atoms with Crippen LogP contribution in [0.25, 0.3) is 10.8 Å². The first-order chi connectivity index (χ1) is 13.5. The Labute approximate surface area is 167 Å². The Morgan fingerprint density at radius 3 is 2.71 bits per heavy atom. The summed E-state index contributed by atoms with van der Waals surface area (Å²) in [6.07, 6.45) is 6.09. The van der Waals surface area contributed by atoms with Crippen LogP contribution in [-0.4, -0.2) is 19.1 Å². The number of carbonyl (C=O) groups is 1. The lowest BCUT2D eigenvalue weighted by molar-refractivity contribution is -0.124. The van der Waals surface area contributed by atoms with E-state index in [9.17, 15) is 4.79 Å². The zero-order valence-corrected chi connectivity index (χ0v) is 17.0. The maximum absolute atomic E-state index is 13.4. The highest BCUT2D eigenvalue weighted by atomic mass is 16.5. The van der Waals surface area contributed by atoms with Crippen molar-refractivity contribution in [2.45, 2.75) is 46.0 Å². The molecule has 2 aromatic carbocycles. The Kier molecular flexibility index (Phi) is 5.33. The average Bonchev–Trinajstić information content (AvgIpc) is 3.45. The molecule has 0 saturated heterocycles. The monoisotopic (exact) mass is 380 g/mol. The highest BCUT2D eigenvalue weighted by Crippen LogP contribution is 2.59. The first-order valence-electron chi connectivity index (χ1n) is 10.7. The van der Waals surface area contributed by atoms with Gasteiger partial charge in [0.05, 0.1) is 5.69 Å². The van der Waals surface area contributed by atoms with Gasteiger partial charge >= 0.3 is 0 Å². The van der Waals surface area contributed by atoms with Crippen LogP contribution in [0.1, 0.15) is 46.0 Å². The molecule has 2 aliphatic rings. The number of carbonyl (C=O) groups excluding carboxylic acids is 1. The molecular weight excluding hydrogens is 348 g/mol. The van der Waals surface area contributed by atoms with E-state index in [1.165, 1.54) is 25.7 Å². The van der Waals surface area contributed by atoms with Gasteiger partial charge in [-0.05, 0) is 60.8 Å². The number of fused-ring (bicyclic) bond motifs is 1. The quantitative estimate of drug-likeness (QED) is 0.744. The van der Waals surface area contributed by atoms with E-state index in [0.717, 1.165) is 28.6 Å². The van der Waals surface area contributed by atoms with Gasteiger partial charge < -0.3 is 15.8 Å². The van der Waals surface area contributed by atoms with Crippen molar-refractivity contribution in [3.05, 3.63) is 36.4 Å². The Hall–Kier alpha value is -2.07. The molecule has 4 heteroatoms.